The lowest BCUT2D eigenvalue weighted by molar-refractivity contribution is 0.185. The molecule has 0 spiro atoms. The van der Waals surface area contributed by atoms with Crippen LogP contribution in [-0.4, -0.2) is 11.2 Å². The van der Waals surface area contributed by atoms with Gasteiger partial charge in [-0.25, -0.2) is 4.85 Å². The van der Waals surface area contributed by atoms with Gasteiger partial charge >= 0.3 is 0 Å². The second-order valence-electron chi connectivity index (χ2n) is 3.13. The van der Waals surface area contributed by atoms with E-state index in [0.29, 0.717) is 12.1 Å². The van der Waals surface area contributed by atoms with Crippen molar-refractivity contribution in [2.24, 2.45) is 0 Å². The molecule has 68 valence electrons. The summed E-state index contributed by atoms with van der Waals surface area (Å²) in [6.07, 6.45) is 1.20. The quantitative estimate of drug-likeness (QED) is 0.701. The second-order valence-corrected chi connectivity index (χ2v) is 3.13. The summed E-state index contributed by atoms with van der Waals surface area (Å²) in [7, 11) is 0. The molecule has 0 heterocycles. The minimum Gasteiger partial charge on any atom is -0.393 e. The summed E-state index contributed by atoms with van der Waals surface area (Å²) in [6, 6.07) is 7.53. The van der Waals surface area contributed by atoms with Crippen LogP contribution in [0.25, 0.3) is 4.85 Å². The van der Waals surface area contributed by atoms with Crippen LogP contribution in [0.5, 0.6) is 0 Å². The monoisotopic (exact) mass is 175 g/mol. The summed E-state index contributed by atoms with van der Waals surface area (Å²) in [5, 5.41) is 9.10. The first-order valence-corrected chi connectivity index (χ1v) is 4.37. The predicted octanol–water partition coefficient (Wildman–Crippen LogP) is 2.55. The molecule has 1 atom stereocenters. The van der Waals surface area contributed by atoms with Gasteiger partial charge in [0.25, 0.3) is 0 Å². The van der Waals surface area contributed by atoms with Crippen molar-refractivity contribution in [2.45, 2.75) is 25.9 Å². The Hall–Kier alpha value is -1.33. The first-order chi connectivity index (χ1) is 6.24. The van der Waals surface area contributed by atoms with Gasteiger partial charge < -0.3 is 5.11 Å². The van der Waals surface area contributed by atoms with Crippen LogP contribution < -0.4 is 0 Å². The van der Waals surface area contributed by atoms with Crippen LogP contribution in [0.4, 0.5) is 5.69 Å². The van der Waals surface area contributed by atoms with Crippen molar-refractivity contribution in [3.63, 3.8) is 0 Å². The van der Waals surface area contributed by atoms with Crippen LogP contribution in [0.3, 0.4) is 0 Å². The molecule has 13 heavy (non-hydrogen) atoms. The van der Waals surface area contributed by atoms with Gasteiger partial charge in [0.2, 0.25) is 0 Å². The number of nitrogens with zero attached hydrogens (tertiary/aromatic N) is 1. The molecule has 0 aliphatic heterocycles. The summed E-state index contributed by atoms with van der Waals surface area (Å²) in [6.45, 7) is 8.70. The lowest BCUT2D eigenvalue weighted by Gasteiger charge is -2.05. The number of hydrogen-bond donors (Lipinski definition) is 1. The summed E-state index contributed by atoms with van der Waals surface area (Å²) in [5.41, 5.74) is 1.72. The molecule has 2 nitrogen and oxygen atoms in total. The first-order valence-electron chi connectivity index (χ1n) is 4.37. The molecule has 0 aromatic heterocycles. The average molecular weight is 175 g/mol. The summed E-state index contributed by atoms with van der Waals surface area (Å²) in [4.78, 5) is 3.42. The number of aliphatic hydroxyl groups is 1. The average Bonchev–Trinajstić information content (AvgIpc) is 2.15. The van der Waals surface area contributed by atoms with Crippen molar-refractivity contribution >= 4 is 5.69 Å². The van der Waals surface area contributed by atoms with Crippen LogP contribution in [0.2, 0.25) is 0 Å². The fourth-order valence-electron chi connectivity index (χ4n) is 1.20. The van der Waals surface area contributed by atoms with Gasteiger partial charge in [-0.05, 0) is 25.3 Å². The lowest BCUT2D eigenvalue weighted by atomic mass is 10.1. The molecular formula is C11H13NO. The van der Waals surface area contributed by atoms with Crippen molar-refractivity contribution in [1.29, 1.82) is 0 Å². The van der Waals surface area contributed by atoms with E-state index in [1.165, 1.54) is 0 Å². The highest BCUT2D eigenvalue weighted by Gasteiger charge is 2.02. The van der Waals surface area contributed by atoms with Crippen LogP contribution in [0.1, 0.15) is 18.9 Å². The Morgan fingerprint density at radius 3 is 2.77 bits per heavy atom. The van der Waals surface area contributed by atoms with Gasteiger partial charge in [0.1, 0.15) is 0 Å². The molecule has 1 N–H and O–H groups in total. The zero-order chi connectivity index (χ0) is 9.68. The van der Waals surface area contributed by atoms with E-state index in [9.17, 15) is 0 Å². The maximum Gasteiger partial charge on any atom is 0.190 e. The van der Waals surface area contributed by atoms with Crippen molar-refractivity contribution in [3.05, 3.63) is 41.2 Å². The van der Waals surface area contributed by atoms with Crippen LogP contribution in [0, 0.1) is 6.57 Å². The standard InChI is InChI=1S/C11H13NO/c1-9(13)7-8-10-5-3-4-6-11(10)12-2/h3-6,9,13H,7-8H2,1H3. The molecule has 0 bridgehead atoms. The molecule has 1 aromatic carbocycles. The van der Waals surface area contributed by atoms with E-state index in [1.54, 1.807) is 6.92 Å². The normalized spacial score (nSPS) is 12.1. The van der Waals surface area contributed by atoms with Crippen molar-refractivity contribution in [2.75, 3.05) is 0 Å². The third-order valence-electron chi connectivity index (χ3n) is 1.94. The highest BCUT2D eigenvalue weighted by atomic mass is 16.3. The van der Waals surface area contributed by atoms with Gasteiger partial charge in [0, 0.05) is 0 Å². The molecule has 0 saturated heterocycles. The maximum absolute atomic E-state index is 9.10. The fraction of sp³-hybridized carbons (Fsp3) is 0.364. The molecule has 0 fully saturated rings. The second kappa shape index (κ2) is 4.64. The number of hydrogen-bond acceptors (Lipinski definition) is 1. The zero-order valence-corrected chi connectivity index (χ0v) is 7.70. The smallest absolute Gasteiger partial charge is 0.190 e. The van der Waals surface area contributed by atoms with Crippen LogP contribution in [0.15, 0.2) is 24.3 Å². The van der Waals surface area contributed by atoms with Crippen molar-refractivity contribution in [1.82, 2.24) is 0 Å². The molecule has 0 aliphatic rings. The molecule has 2 heteroatoms. The predicted molar refractivity (Wildman–Crippen MR) is 52.7 cm³/mol. The highest BCUT2D eigenvalue weighted by molar-refractivity contribution is 5.51. The summed E-state index contributed by atoms with van der Waals surface area (Å²) < 4.78 is 0. The molecular weight excluding hydrogens is 162 g/mol. The van der Waals surface area contributed by atoms with Crippen LogP contribution >= 0.6 is 0 Å². The number of rotatable bonds is 3. The molecule has 1 unspecified atom stereocenters. The summed E-state index contributed by atoms with van der Waals surface area (Å²) in [5.74, 6) is 0. The van der Waals surface area contributed by atoms with Gasteiger partial charge in [-0.2, -0.15) is 0 Å². The van der Waals surface area contributed by atoms with Crippen molar-refractivity contribution < 1.29 is 5.11 Å². The van der Waals surface area contributed by atoms with E-state index in [4.69, 9.17) is 11.7 Å². The molecule has 0 amide bonds. The van der Waals surface area contributed by atoms with Gasteiger partial charge in [-0.15, -0.1) is 0 Å². The first kappa shape index (κ1) is 9.76. The fourth-order valence-corrected chi connectivity index (χ4v) is 1.20. The number of aryl methyl sites for hydroxylation is 1. The van der Waals surface area contributed by atoms with Gasteiger partial charge in [-0.3, -0.25) is 0 Å². The zero-order valence-electron chi connectivity index (χ0n) is 7.70. The molecule has 0 saturated carbocycles. The molecule has 1 rings (SSSR count). The minimum atomic E-state index is -0.293. The van der Waals surface area contributed by atoms with E-state index in [2.05, 4.69) is 4.85 Å². The van der Waals surface area contributed by atoms with Gasteiger partial charge in [-0.1, -0.05) is 24.3 Å². The largest absolute Gasteiger partial charge is 0.393 e. The van der Waals surface area contributed by atoms with Crippen LogP contribution in [-0.2, 0) is 6.42 Å². The Bertz CT molecular complexity index is 312. The Labute approximate surface area is 78.7 Å². The van der Waals surface area contributed by atoms with Gasteiger partial charge in [0.15, 0.2) is 5.69 Å². The minimum absolute atomic E-state index is 0.293. The third kappa shape index (κ3) is 2.89. The van der Waals surface area contributed by atoms with E-state index < -0.39 is 0 Å². The van der Waals surface area contributed by atoms with Gasteiger partial charge in [0.05, 0.1) is 12.7 Å². The molecule has 1 aromatic rings. The Morgan fingerprint density at radius 1 is 1.46 bits per heavy atom. The number of para-hydroxylation sites is 1. The summed E-state index contributed by atoms with van der Waals surface area (Å²) >= 11 is 0. The Morgan fingerprint density at radius 2 is 2.15 bits per heavy atom. The van der Waals surface area contributed by atoms with E-state index in [0.717, 1.165) is 12.0 Å². The van der Waals surface area contributed by atoms with E-state index >= 15 is 0 Å². The maximum atomic E-state index is 9.10. The Balaban J connectivity index is 2.71. The SMILES string of the molecule is [C-]#[N+]c1ccccc1CCC(C)O. The van der Waals surface area contributed by atoms with E-state index in [1.807, 2.05) is 24.3 Å². The van der Waals surface area contributed by atoms with E-state index in [-0.39, 0.29) is 6.10 Å². The highest BCUT2D eigenvalue weighted by Crippen LogP contribution is 2.20. The Kier molecular flexibility index (Phi) is 3.48. The molecule has 0 aliphatic carbocycles. The molecule has 0 radical (unpaired) electrons. The number of benzene rings is 1. The van der Waals surface area contributed by atoms with Crippen molar-refractivity contribution in [3.8, 4) is 0 Å². The third-order valence-corrected chi connectivity index (χ3v) is 1.94. The topological polar surface area (TPSA) is 24.6 Å². The number of aliphatic hydroxyl groups excluding tert-OH is 1. The lowest BCUT2D eigenvalue weighted by Crippen LogP contribution is -2.01.